The zero-order valence-electron chi connectivity index (χ0n) is 30.5. The number of aliphatic hydroxyl groups excluding tert-OH is 1. The molecule has 0 saturated carbocycles. The molecule has 1 aromatic heterocycles. The number of carbonyl (C=O) groups is 2. The first-order valence-corrected chi connectivity index (χ1v) is 19.7. The topological polar surface area (TPSA) is 104 Å². The van der Waals surface area contributed by atoms with Crippen LogP contribution in [-0.2, 0) is 6.61 Å². The van der Waals surface area contributed by atoms with E-state index in [0.29, 0.717) is 33.5 Å². The summed E-state index contributed by atoms with van der Waals surface area (Å²) in [6.07, 6.45) is 6.84. The lowest BCUT2D eigenvalue weighted by atomic mass is 9.82. The van der Waals surface area contributed by atoms with E-state index in [2.05, 4.69) is 81.0 Å². The minimum Gasteiger partial charge on any atom is -0.392 e. The van der Waals surface area contributed by atoms with Crippen molar-refractivity contribution in [1.82, 2.24) is 20.1 Å². The van der Waals surface area contributed by atoms with Crippen molar-refractivity contribution in [2.45, 2.75) is 44.9 Å². The summed E-state index contributed by atoms with van der Waals surface area (Å²) in [5.41, 5.74) is 9.49. The first kappa shape index (κ1) is 35.5. The largest absolute Gasteiger partial charge is 0.392 e. The van der Waals surface area contributed by atoms with Crippen LogP contribution in [0.3, 0.4) is 0 Å². The number of fused-ring (bicyclic) bond motifs is 2. The number of amides is 3. The highest BCUT2D eigenvalue weighted by atomic mass is 35.5. The van der Waals surface area contributed by atoms with Crippen LogP contribution in [0.25, 0.3) is 22.2 Å². The maximum absolute atomic E-state index is 15.0. The Morgan fingerprint density at radius 3 is 2.45 bits per heavy atom. The summed E-state index contributed by atoms with van der Waals surface area (Å²) >= 11 is 13.3. The van der Waals surface area contributed by atoms with Crippen molar-refractivity contribution < 1.29 is 14.7 Å². The van der Waals surface area contributed by atoms with Crippen LogP contribution in [0.15, 0.2) is 97.2 Å². The van der Waals surface area contributed by atoms with Crippen molar-refractivity contribution in [3.63, 3.8) is 0 Å². The van der Waals surface area contributed by atoms with Gasteiger partial charge in [-0.3, -0.25) is 4.79 Å². The van der Waals surface area contributed by atoms with Gasteiger partial charge < -0.3 is 35.4 Å². The molecule has 2 atom stereocenters. The fourth-order valence-corrected chi connectivity index (χ4v) is 9.39. The number of anilines is 2. The zero-order valence-corrected chi connectivity index (χ0v) is 32.0. The molecule has 4 N–H and O–H groups in total. The van der Waals surface area contributed by atoms with E-state index in [-0.39, 0.29) is 36.5 Å². The second-order valence-corrected chi connectivity index (χ2v) is 15.8. The Morgan fingerprint density at radius 2 is 1.73 bits per heavy atom. The highest BCUT2D eigenvalue weighted by molar-refractivity contribution is 6.32. The standard InChI is InChI=1S/C44H42Cl2N6O3/c1-26-6-5-18-52-41(29-10-12-30(45)13-11-29)33-23-31(46)24-35-38(33)39(42(52)37(26)28-7-3-2-4-8-28)40(48-35)43(54)49-34-22-27(25-53)9-14-36(34)50-19-15-32(16-20-50)51-21-17-47-44(51)55/h2-5,7-14,18,22-24,26,32,41,48,53H,6,15-17,19-21,25H2,1H3,(H,47,55)(H,49,54). The molecule has 2 unspecified atom stereocenters. The summed E-state index contributed by atoms with van der Waals surface area (Å²) in [5.74, 6) is -0.152. The number of H-pyrrole nitrogens is 1. The molecular weight excluding hydrogens is 731 g/mol. The Morgan fingerprint density at radius 1 is 0.945 bits per heavy atom. The van der Waals surface area contributed by atoms with Crippen LogP contribution in [-0.4, -0.2) is 64.0 Å². The number of nitrogens with one attached hydrogen (secondary N) is 3. The molecule has 4 aliphatic heterocycles. The Labute approximate surface area is 330 Å². The normalized spacial score (nSPS) is 19.9. The number of rotatable bonds is 7. The van der Waals surface area contributed by atoms with Gasteiger partial charge >= 0.3 is 6.03 Å². The molecule has 4 aliphatic rings. The second-order valence-electron chi connectivity index (χ2n) is 14.9. The van der Waals surface area contributed by atoms with Gasteiger partial charge in [-0.05, 0) is 89.4 Å². The van der Waals surface area contributed by atoms with Crippen LogP contribution in [0.4, 0.5) is 16.2 Å². The third-order valence-corrected chi connectivity index (χ3v) is 12.1. The van der Waals surface area contributed by atoms with Gasteiger partial charge in [0.05, 0.1) is 29.7 Å². The van der Waals surface area contributed by atoms with Crippen molar-refractivity contribution in [3.05, 3.63) is 141 Å². The molecule has 0 bridgehead atoms. The molecule has 280 valence electrons. The van der Waals surface area contributed by atoms with Crippen molar-refractivity contribution in [2.24, 2.45) is 5.92 Å². The van der Waals surface area contributed by atoms with Crippen molar-refractivity contribution in [3.8, 4) is 0 Å². The molecule has 0 radical (unpaired) electrons. The van der Waals surface area contributed by atoms with Crippen molar-refractivity contribution in [1.29, 1.82) is 0 Å². The number of urea groups is 1. The summed E-state index contributed by atoms with van der Waals surface area (Å²) in [5, 5.41) is 18.6. The number of hydrogen-bond acceptors (Lipinski definition) is 5. The third-order valence-electron chi connectivity index (χ3n) is 11.6. The number of carbonyl (C=O) groups excluding carboxylic acids is 2. The van der Waals surface area contributed by atoms with Gasteiger partial charge in [-0.2, -0.15) is 0 Å². The Balaban J connectivity index is 1.18. The summed E-state index contributed by atoms with van der Waals surface area (Å²) < 4.78 is 0. The molecule has 0 aliphatic carbocycles. The summed E-state index contributed by atoms with van der Waals surface area (Å²) in [6, 6.07) is 28.0. The quantitative estimate of drug-likeness (QED) is 0.132. The fourth-order valence-electron chi connectivity index (χ4n) is 9.04. The SMILES string of the molecule is CC1CC=CN2C(=C1c1ccccc1)c1c(C(=O)Nc3cc(CO)ccc3N3CCC(N4CCNC4=O)CC3)[nH]c3cc(Cl)cc(c13)C2c1ccc(Cl)cc1. The molecule has 11 heteroatoms. The Bertz CT molecular complexity index is 2360. The molecule has 5 heterocycles. The number of nitrogens with zero attached hydrogens (tertiary/aromatic N) is 3. The van der Waals surface area contributed by atoms with Crippen LogP contribution >= 0.6 is 23.2 Å². The van der Waals surface area contributed by atoms with Crippen molar-refractivity contribution in [2.75, 3.05) is 36.4 Å². The minimum atomic E-state index is -0.293. The van der Waals surface area contributed by atoms with Crippen LogP contribution < -0.4 is 15.5 Å². The Kier molecular flexibility index (Phi) is 9.32. The van der Waals surface area contributed by atoms with Crippen LogP contribution in [0.5, 0.6) is 0 Å². The third kappa shape index (κ3) is 6.34. The van der Waals surface area contributed by atoms with E-state index in [4.69, 9.17) is 23.2 Å². The number of halogens is 2. The lowest BCUT2D eigenvalue weighted by Crippen LogP contribution is -2.46. The highest BCUT2D eigenvalue weighted by Gasteiger charge is 2.40. The lowest BCUT2D eigenvalue weighted by Gasteiger charge is -2.39. The lowest BCUT2D eigenvalue weighted by molar-refractivity contribution is 0.102. The second kappa shape index (κ2) is 14.5. The summed E-state index contributed by atoms with van der Waals surface area (Å²) in [7, 11) is 0. The molecule has 0 spiro atoms. The van der Waals surface area contributed by atoms with Crippen LogP contribution in [0.1, 0.15) is 70.5 Å². The van der Waals surface area contributed by atoms with Gasteiger partial charge in [0.2, 0.25) is 0 Å². The van der Waals surface area contributed by atoms with E-state index in [1.807, 2.05) is 53.4 Å². The average molecular weight is 774 g/mol. The molecule has 2 saturated heterocycles. The number of aromatic amines is 1. The number of hydrogen-bond donors (Lipinski definition) is 4. The zero-order chi connectivity index (χ0) is 37.8. The monoisotopic (exact) mass is 772 g/mol. The molecule has 9 rings (SSSR count). The van der Waals surface area contributed by atoms with Gasteiger partial charge in [-0.1, -0.05) is 84.7 Å². The van der Waals surface area contributed by atoms with Gasteiger partial charge in [-0.15, -0.1) is 0 Å². The van der Waals surface area contributed by atoms with Gasteiger partial charge in [0.1, 0.15) is 5.69 Å². The van der Waals surface area contributed by atoms with Gasteiger partial charge in [0.15, 0.2) is 0 Å². The van der Waals surface area contributed by atoms with Crippen LogP contribution in [0, 0.1) is 5.92 Å². The number of piperidine rings is 1. The summed E-state index contributed by atoms with van der Waals surface area (Å²) in [6.45, 7) is 4.95. The van der Waals surface area contributed by atoms with Gasteiger partial charge in [0.25, 0.3) is 5.91 Å². The molecule has 3 amide bonds. The first-order chi connectivity index (χ1) is 26.8. The smallest absolute Gasteiger partial charge is 0.317 e. The molecule has 4 aromatic carbocycles. The molecule has 9 nitrogen and oxygen atoms in total. The van der Waals surface area contributed by atoms with E-state index in [0.717, 1.165) is 89.0 Å². The van der Waals surface area contributed by atoms with Gasteiger partial charge in [-0.25, -0.2) is 4.79 Å². The maximum atomic E-state index is 15.0. The number of benzene rings is 4. The molecule has 2 fully saturated rings. The molecule has 5 aromatic rings. The van der Waals surface area contributed by atoms with Crippen LogP contribution in [0.2, 0.25) is 10.0 Å². The Hall–Kier alpha value is -5.22. The predicted molar refractivity (Wildman–Crippen MR) is 220 cm³/mol. The van der Waals surface area contributed by atoms with Crippen molar-refractivity contribution >= 4 is 68.7 Å². The summed E-state index contributed by atoms with van der Waals surface area (Å²) in [4.78, 5) is 37.4. The number of aromatic nitrogens is 1. The van der Waals surface area contributed by atoms with E-state index < -0.39 is 0 Å². The van der Waals surface area contributed by atoms with E-state index in [9.17, 15) is 14.7 Å². The maximum Gasteiger partial charge on any atom is 0.317 e. The fraction of sp³-hybridized carbons (Fsp3) is 0.273. The first-order valence-electron chi connectivity index (χ1n) is 19.0. The van der Waals surface area contributed by atoms with E-state index in [1.165, 1.54) is 0 Å². The molecule has 55 heavy (non-hydrogen) atoms. The predicted octanol–water partition coefficient (Wildman–Crippen LogP) is 9.04. The average Bonchev–Trinajstić information content (AvgIpc) is 3.76. The minimum absolute atomic E-state index is 0.00702. The van der Waals surface area contributed by atoms with Gasteiger partial charge in [0, 0.05) is 64.9 Å². The van der Waals surface area contributed by atoms with E-state index in [1.54, 1.807) is 0 Å². The highest BCUT2D eigenvalue weighted by Crippen LogP contribution is 2.53. The van der Waals surface area contributed by atoms with E-state index >= 15 is 0 Å². The number of allylic oxidation sites excluding steroid dienone is 2. The number of aliphatic hydroxyl groups is 1. The molecular formula is C44H42Cl2N6O3.